The Morgan fingerprint density at radius 3 is 2.32 bits per heavy atom. The van der Waals surface area contributed by atoms with Crippen LogP contribution in [0, 0.1) is 0 Å². The summed E-state index contributed by atoms with van der Waals surface area (Å²) in [5.41, 5.74) is -0.0219. The molecular formula is C15H17F3N4. The summed E-state index contributed by atoms with van der Waals surface area (Å²) < 4.78 is 39.4. The van der Waals surface area contributed by atoms with E-state index in [2.05, 4.69) is 15.0 Å². The van der Waals surface area contributed by atoms with Crippen molar-refractivity contribution in [3.63, 3.8) is 0 Å². The molecule has 0 aliphatic carbocycles. The highest BCUT2D eigenvalue weighted by molar-refractivity contribution is 5.55. The monoisotopic (exact) mass is 310 g/mol. The van der Waals surface area contributed by atoms with Crippen LogP contribution in [0.2, 0.25) is 0 Å². The Kier molecular flexibility index (Phi) is 3.90. The van der Waals surface area contributed by atoms with Crippen LogP contribution in [0.15, 0.2) is 24.3 Å². The number of hydrogen-bond donors (Lipinski definition) is 0. The Hall–Kier alpha value is -1.89. The van der Waals surface area contributed by atoms with Crippen molar-refractivity contribution in [2.24, 2.45) is 7.05 Å². The maximum atomic E-state index is 12.6. The van der Waals surface area contributed by atoms with Crippen LogP contribution < -0.4 is 0 Å². The molecule has 0 N–H and O–H groups in total. The fraction of sp³-hybridized carbons (Fsp3) is 0.467. The molecule has 1 aliphatic heterocycles. The summed E-state index contributed by atoms with van der Waals surface area (Å²) in [6.45, 7) is 2.79. The molecule has 0 unspecified atom stereocenters. The van der Waals surface area contributed by atoms with Crippen molar-refractivity contribution >= 4 is 0 Å². The van der Waals surface area contributed by atoms with Crippen LogP contribution in [0.4, 0.5) is 13.2 Å². The van der Waals surface area contributed by atoms with Crippen LogP contribution in [-0.4, -0.2) is 32.8 Å². The molecule has 0 amide bonds. The van der Waals surface area contributed by atoms with E-state index in [1.165, 1.54) is 25.0 Å². The molecular weight excluding hydrogens is 293 g/mol. The summed E-state index contributed by atoms with van der Waals surface area (Å²) in [6, 6.07) is 5.02. The molecule has 22 heavy (non-hydrogen) atoms. The fourth-order valence-electron chi connectivity index (χ4n) is 2.70. The molecule has 4 nitrogen and oxygen atoms in total. The van der Waals surface area contributed by atoms with Crippen molar-refractivity contribution in [3.8, 4) is 11.4 Å². The van der Waals surface area contributed by atoms with Crippen molar-refractivity contribution in [2.45, 2.75) is 25.6 Å². The average molecular weight is 310 g/mol. The van der Waals surface area contributed by atoms with Gasteiger partial charge in [0.2, 0.25) is 0 Å². The van der Waals surface area contributed by atoms with Crippen molar-refractivity contribution in [1.29, 1.82) is 0 Å². The smallest absolute Gasteiger partial charge is 0.296 e. The number of likely N-dealkylation sites (tertiary alicyclic amines) is 1. The average Bonchev–Trinajstić information content (AvgIpc) is 3.08. The van der Waals surface area contributed by atoms with Gasteiger partial charge in [-0.25, -0.2) is 9.67 Å². The van der Waals surface area contributed by atoms with Gasteiger partial charge in [0, 0.05) is 12.6 Å². The second-order valence-electron chi connectivity index (χ2n) is 5.53. The Morgan fingerprint density at radius 1 is 1.09 bits per heavy atom. The first-order valence-corrected chi connectivity index (χ1v) is 7.23. The molecule has 0 saturated carbocycles. The molecule has 2 heterocycles. The van der Waals surface area contributed by atoms with Gasteiger partial charge in [0.1, 0.15) is 0 Å². The summed E-state index contributed by atoms with van der Waals surface area (Å²) in [5, 5.41) is 4.36. The Labute approximate surface area is 126 Å². The van der Waals surface area contributed by atoms with Gasteiger partial charge in [-0.3, -0.25) is 4.90 Å². The molecule has 0 atom stereocenters. The third-order valence-corrected chi connectivity index (χ3v) is 3.84. The largest absolute Gasteiger partial charge is 0.416 e. The van der Waals surface area contributed by atoms with Crippen LogP contribution >= 0.6 is 0 Å². The third kappa shape index (κ3) is 3.14. The summed E-state index contributed by atoms with van der Waals surface area (Å²) in [5.74, 6) is 1.29. The zero-order valence-corrected chi connectivity index (χ0v) is 12.3. The van der Waals surface area contributed by atoms with E-state index >= 15 is 0 Å². The van der Waals surface area contributed by atoms with Crippen LogP contribution in [0.1, 0.15) is 24.2 Å². The van der Waals surface area contributed by atoms with Gasteiger partial charge in [-0.1, -0.05) is 12.1 Å². The Balaban J connectivity index is 1.80. The zero-order chi connectivity index (χ0) is 15.7. The van der Waals surface area contributed by atoms with E-state index < -0.39 is 11.7 Å². The first-order valence-electron chi connectivity index (χ1n) is 7.23. The van der Waals surface area contributed by atoms with Gasteiger partial charge in [-0.2, -0.15) is 18.3 Å². The van der Waals surface area contributed by atoms with Crippen LogP contribution in [0.25, 0.3) is 11.4 Å². The molecule has 3 rings (SSSR count). The van der Waals surface area contributed by atoms with E-state index in [1.807, 2.05) is 0 Å². The number of rotatable bonds is 3. The SMILES string of the molecule is Cn1nc(CN2CCCC2)nc1-c1ccc(C(F)(F)F)cc1. The lowest BCUT2D eigenvalue weighted by Gasteiger charge is -2.10. The molecule has 1 aromatic carbocycles. The number of halogens is 3. The molecule has 0 radical (unpaired) electrons. The number of hydrogen-bond acceptors (Lipinski definition) is 3. The number of benzene rings is 1. The molecule has 0 spiro atoms. The lowest BCUT2D eigenvalue weighted by Crippen LogP contribution is -2.19. The first kappa shape index (κ1) is 15.0. The van der Waals surface area contributed by atoms with Gasteiger partial charge in [0.15, 0.2) is 11.6 Å². The molecule has 1 saturated heterocycles. The minimum atomic E-state index is -4.32. The molecule has 1 aromatic heterocycles. The second kappa shape index (κ2) is 5.72. The maximum absolute atomic E-state index is 12.6. The molecule has 1 fully saturated rings. The predicted molar refractivity (Wildman–Crippen MR) is 76.0 cm³/mol. The molecule has 2 aromatic rings. The minimum Gasteiger partial charge on any atom is -0.296 e. The van der Waals surface area contributed by atoms with Crippen LogP contribution in [-0.2, 0) is 19.8 Å². The van der Waals surface area contributed by atoms with E-state index in [9.17, 15) is 13.2 Å². The van der Waals surface area contributed by atoms with Crippen LogP contribution in [0.3, 0.4) is 0 Å². The maximum Gasteiger partial charge on any atom is 0.416 e. The number of aromatic nitrogens is 3. The predicted octanol–water partition coefficient (Wildman–Crippen LogP) is 3.10. The Bertz CT molecular complexity index is 640. The van der Waals surface area contributed by atoms with E-state index in [0.717, 1.165) is 25.2 Å². The van der Waals surface area contributed by atoms with Crippen LogP contribution in [0.5, 0.6) is 0 Å². The van der Waals surface area contributed by atoms with Crippen molar-refractivity contribution in [3.05, 3.63) is 35.7 Å². The summed E-state index contributed by atoms with van der Waals surface area (Å²) in [4.78, 5) is 6.75. The minimum absolute atomic E-state index is 0.586. The molecule has 0 bridgehead atoms. The van der Waals surface area contributed by atoms with Gasteiger partial charge in [0.05, 0.1) is 12.1 Å². The molecule has 7 heteroatoms. The van der Waals surface area contributed by atoms with Gasteiger partial charge < -0.3 is 0 Å². The quantitative estimate of drug-likeness (QED) is 0.873. The summed E-state index contributed by atoms with van der Waals surface area (Å²) >= 11 is 0. The standard InChI is InChI=1S/C15H17F3N4/c1-21-14(11-4-6-12(7-5-11)15(16,17)18)19-13(20-21)10-22-8-2-3-9-22/h4-7H,2-3,8-10H2,1H3. The number of alkyl halides is 3. The number of nitrogens with zero attached hydrogens (tertiary/aromatic N) is 4. The van der Waals surface area contributed by atoms with E-state index in [4.69, 9.17) is 0 Å². The third-order valence-electron chi connectivity index (χ3n) is 3.84. The summed E-state index contributed by atoms with van der Waals surface area (Å²) in [7, 11) is 1.76. The highest BCUT2D eigenvalue weighted by atomic mass is 19.4. The fourth-order valence-corrected chi connectivity index (χ4v) is 2.70. The highest BCUT2D eigenvalue weighted by Crippen LogP contribution is 2.30. The lowest BCUT2D eigenvalue weighted by atomic mass is 10.1. The van der Waals surface area contributed by atoms with Crippen molar-refractivity contribution in [1.82, 2.24) is 19.7 Å². The summed E-state index contributed by atoms with van der Waals surface area (Å²) in [6.07, 6.45) is -1.93. The van der Waals surface area contributed by atoms with Gasteiger partial charge in [-0.15, -0.1) is 0 Å². The van der Waals surface area contributed by atoms with Gasteiger partial charge >= 0.3 is 6.18 Å². The first-order chi connectivity index (χ1) is 10.4. The van der Waals surface area contributed by atoms with E-state index in [0.29, 0.717) is 23.8 Å². The van der Waals surface area contributed by atoms with E-state index in [1.54, 1.807) is 11.7 Å². The topological polar surface area (TPSA) is 34.0 Å². The Morgan fingerprint density at radius 2 is 1.73 bits per heavy atom. The second-order valence-corrected chi connectivity index (χ2v) is 5.53. The normalized spacial score (nSPS) is 16.4. The molecule has 118 valence electrons. The highest BCUT2D eigenvalue weighted by Gasteiger charge is 2.30. The van der Waals surface area contributed by atoms with Gasteiger partial charge in [-0.05, 0) is 38.1 Å². The van der Waals surface area contributed by atoms with Gasteiger partial charge in [0.25, 0.3) is 0 Å². The van der Waals surface area contributed by atoms with Crippen molar-refractivity contribution < 1.29 is 13.2 Å². The number of aryl methyl sites for hydroxylation is 1. The van der Waals surface area contributed by atoms with E-state index in [-0.39, 0.29) is 0 Å². The molecule has 1 aliphatic rings. The lowest BCUT2D eigenvalue weighted by molar-refractivity contribution is -0.137. The van der Waals surface area contributed by atoms with Crippen molar-refractivity contribution in [2.75, 3.05) is 13.1 Å². The zero-order valence-electron chi connectivity index (χ0n) is 12.3.